The highest BCUT2D eigenvalue weighted by Gasteiger charge is 2.06. The van der Waals surface area contributed by atoms with E-state index in [0.29, 0.717) is 28.4 Å². The number of aldehydes is 2. The van der Waals surface area contributed by atoms with Crippen molar-refractivity contribution in [2.24, 2.45) is 0 Å². The first kappa shape index (κ1) is 7.73. The summed E-state index contributed by atoms with van der Waals surface area (Å²) in [6, 6.07) is 4.85. The van der Waals surface area contributed by atoms with E-state index in [9.17, 15) is 9.59 Å². The van der Waals surface area contributed by atoms with Crippen LogP contribution in [0.3, 0.4) is 0 Å². The average molecular weight is 174 g/mol. The molecule has 3 nitrogen and oxygen atoms in total. The van der Waals surface area contributed by atoms with E-state index in [4.69, 9.17) is 4.42 Å². The SMILES string of the molecule is O=Cc1ccc(C=O)c2occc12. The summed E-state index contributed by atoms with van der Waals surface area (Å²) in [5, 5.41) is 0.680. The maximum absolute atomic E-state index is 10.6. The van der Waals surface area contributed by atoms with Crippen LogP contribution in [0.1, 0.15) is 20.7 Å². The molecule has 0 saturated heterocycles. The standard InChI is InChI=1S/C10H6O3/c11-5-7-1-2-8(6-12)10-9(7)3-4-13-10/h1-6H. The van der Waals surface area contributed by atoms with Crippen LogP contribution < -0.4 is 0 Å². The topological polar surface area (TPSA) is 47.3 Å². The van der Waals surface area contributed by atoms with Gasteiger partial charge in [-0.25, -0.2) is 0 Å². The van der Waals surface area contributed by atoms with Crippen molar-refractivity contribution < 1.29 is 14.0 Å². The van der Waals surface area contributed by atoms with Crippen molar-refractivity contribution in [3.63, 3.8) is 0 Å². The monoisotopic (exact) mass is 174 g/mol. The molecule has 0 atom stereocenters. The van der Waals surface area contributed by atoms with Crippen molar-refractivity contribution >= 4 is 23.5 Å². The molecule has 1 aromatic carbocycles. The molecular weight excluding hydrogens is 168 g/mol. The Bertz CT molecular complexity index is 426. The number of hydrogen-bond donors (Lipinski definition) is 0. The maximum atomic E-state index is 10.6. The van der Waals surface area contributed by atoms with Crippen LogP contribution in [0.5, 0.6) is 0 Å². The molecule has 1 heterocycles. The molecule has 3 heteroatoms. The first-order chi connectivity index (χ1) is 6.36. The third-order valence-corrected chi connectivity index (χ3v) is 1.93. The van der Waals surface area contributed by atoms with Gasteiger partial charge >= 0.3 is 0 Å². The van der Waals surface area contributed by atoms with Crippen molar-refractivity contribution in [2.75, 3.05) is 0 Å². The van der Waals surface area contributed by atoms with Gasteiger partial charge < -0.3 is 4.42 Å². The summed E-state index contributed by atoms with van der Waals surface area (Å²) in [7, 11) is 0. The van der Waals surface area contributed by atoms with E-state index in [0.717, 1.165) is 6.29 Å². The first-order valence-corrected chi connectivity index (χ1v) is 3.77. The van der Waals surface area contributed by atoms with Gasteiger partial charge in [0.2, 0.25) is 0 Å². The lowest BCUT2D eigenvalue weighted by Gasteiger charge is -1.95. The fraction of sp³-hybridized carbons (Fsp3) is 0. The highest BCUT2D eigenvalue weighted by Crippen LogP contribution is 2.21. The molecule has 0 fully saturated rings. The number of rotatable bonds is 2. The van der Waals surface area contributed by atoms with Gasteiger partial charge in [0, 0.05) is 10.9 Å². The molecule has 0 aliphatic heterocycles. The molecule has 0 saturated carbocycles. The van der Waals surface area contributed by atoms with Gasteiger partial charge in [-0.15, -0.1) is 0 Å². The molecule has 1 aromatic heterocycles. The second-order valence-corrected chi connectivity index (χ2v) is 2.64. The van der Waals surface area contributed by atoms with Gasteiger partial charge in [0.05, 0.1) is 11.8 Å². The number of benzene rings is 1. The van der Waals surface area contributed by atoms with Crippen LogP contribution in [0.15, 0.2) is 28.9 Å². The Hall–Kier alpha value is -1.90. The van der Waals surface area contributed by atoms with Crippen LogP contribution in [-0.2, 0) is 0 Å². The Morgan fingerprint density at radius 2 is 1.69 bits per heavy atom. The lowest BCUT2D eigenvalue weighted by atomic mass is 10.1. The number of furan rings is 1. The van der Waals surface area contributed by atoms with Crippen molar-refractivity contribution in [1.29, 1.82) is 0 Å². The highest BCUT2D eigenvalue weighted by molar-refractivity contribution is 6.02. The van der Waals surface area contributed by atoms with Crippen LogP contribution in [0, 0.1) is 0 Å². The molecule has 2 aromatic rings. The summed E-state index contributed by atoms with van der Waals surface area (Å²) in [6.07, 6.45) is 2.91. The van der Waals surface area contributed by atoms with Gasteiger partial charge in [-0.2, -0.15) is 0 Å². The predicted molar refractivity (Wildman–Crippen MR) is 47.0 cm³/mol. The van der Waals surface area contributed by atoms with Gasteiger partial charge in [0.25, 0.3) is 0 Å². The minimum Gasteiger partial charge on any atom is -0.464 e. The number of fused-ring (bicyclic) bond motifs is 1. The van der Waals surface area contributed by atoms with E-state index in [-0.39, 0.29) is 0 Å². The molecule has 13 heavy (non-hydrogen) atoms. The Balaban J connectivity index is 2.88. The molecule has 0 unspecified atom stereocenters. The molecule has 2 rings (SSSR count). The predicted octanol–water partition coefficient (Wildman–Crippen LogP) is 2.06. The fourth-order valence-corrected chi connectivity index (χ4v) is 1.30. The number of hydrogen-bond acceptors (Lipinski definition) is 3. The van der Waals surface area contributed by atoms with E-state index in [1.165, 1.54) is 6.26 Å². The molecular formula is C10H6O3. The quantitative estimate of drug-likeness (QED) is 0.654. The Morgan fingerprint density at radius 1 is 1.00 bits per heavy atom. The zero-order valence-electron chi connectivity index (χ0n) is 6.69. The van der Waals surface area contributed by atoms with Gasteiger partial charge in [0.1, 0.15) is 5.58 Å². The Kier molecular flexibility index (Phi) is 1.70. The molecule has 0 aliphatic rings. The third-order valence-electron chi connectivity index (χ3n) is 1.93. The molecule has 0 amide bonds. The maximum Gasteiger partial charge on any atom is 0.153 e. The van der Waals surface area contributed by atoms with Crippen LogP contribution in [0.25, 0.3) is 11.0 Å². The van der Waals surface area contributed by atoms with Gasteiger partial charge in [-0.05, 0) is 12.1 Å². The fourth-order valence-electron chi connectivity index (χ4n) is 1.30. The second-order valence-electron chi connectivity index (χ2n) is 2.64. The largest absolute Gasteiger partial charge is 0.464 e. The molecule has 0 radical (unpaired) electrons. The zero-order chi connectivity index (χ0) is 9.26. The van der Waals surface area contributed by atoms with Gasteiger partial charge in [-0.3, -0.25) is 9.59 Å². The van der Waals surface area contributed by atoms with Gasteiger partial charge in [0.15, 0.2) is 12.6 Å². The second kappa shape index (κ2) is 2.86. The Morgan fingerprint density at radius 3 is 2.38 bits per heavy atom. The summed E-state index contributed by atoms with van der Waals surface area (Å²) in [6.45, 7) is 0. The van der Waals surface area contributed by atoms with Gasteiger partial charge in [-0.1, -0.05) is 6.07 Å². The van der Waals surface area contributed by atoms with E-state index in [1.54, 1.807) is 18.2 Å². The van der Waals surface area contributed by atoms with Crippen LogP contribution >= 0.6 is 0 Å². The van der Waals surface area contributed by atoms with Crippen molar-refractivity contribution in [1.82, 2.24) is 0 Å². The third kappa shape index (κ3) is 1.05. The molecule has 0 aliphatic carbocycles. The minimum absolute atomic E-state index is 0.464. The lowest BCUT2D eigenvalue weighted by Crippen LogP contribution is -1.85. The van der Waals surface area contributed by atoms with E-state index < -0.39 is 0 Å². The van der Waals surface area contributed by atoms with E-state index in [1.807, 2.05) is 0 Å². The smallest absolute Gasteiger partial charge is 0.153 e. The highest BCUT2D eigenvalue weighted by atomic mass is 16.3. The summed E-state index contributed by atoms with van der Waals surface area (Å²) in [5.41, 5.74) is 1.47. The summed E-state index contributed by atoms with van der Waals surface area (Å²) < 4.78 is 5.09. The van der Waals surface area contributed by atoms with Crippen LogP contribution in [-0.4, -0.2) is 12.6 Å². The molecule has 0 N–H and O–H groups in total. The average Bonchev–Trinajstić information content (AvgIpc) is 2.64. The molecule has 0 spiro atoms. The minimum atomic E-state index is 0.464. The van der Waals surface area contributed by atoms with Crippen LogP contribution in [0.4, 0.5) is 0 Å². The first-order valence-electron chi connectivity index (χ1n) is 3.77. The molecule has 0 bridgehead atoms. The van der Waals surface area contributed by atoms with E-state index in [2.05, 4.69) is 0 Å². The summed E-state index contributed by atoms with van der Waals surface area (Å²) in [5.74, 6) is 0. The van der Waals surface area contributed by atoms with E-state index >= 15 is 0 Å². The summed E-state index contributed by atoms with van der Waals surface area (Å²) >= 11 is 0. The number of carbonyl (C=O) groups excluding carboxylic acids is 2. The molecule has 64 valence electrons. The zero-order valence-corrected chi connectivity index (χ0v) is 6.69. The Labute approximate surface area is 74.0 Å². The lowest BCUT2D eigenvalue weighted by molar-refractivity contribution is 0.111. The van der Waals surface area contributed by atoms with Crippen LogP contribution in [0.2, 0.25) is 0 Å². The normalized spacial score (nSPS) is 10.2. The summed E-state index contributed by atoms with van der Waals surface area (Å²) in [4.78, 5) is 21.2. The van der Waals surface area contributed by atoms with Crippen molar-refractivity contribution in [2.45, 2.75) is 0 Å². The van der Waals surface area contributed by atoms with Crippen molar-refractivity contribution in [3.05, 3.63) is 35.6 Å². The number of carbonyl (C=O) groups is 2. The van der Waals surface area contributed by atoms with Crippen molar-refractivity contribution in [3.8, 4) is 0 Å².